The average molecular weight is 382 g/mol. The molecular weight excluding hydrogens is 358 g/mol. The van der Waals surface area contributed by atoms with E-state index in [1.165, 1.54) is 43.1 Å². The maximum atomic E-state index is 12.8. The Hall–Kier alpha value is -2.34. The van der Waals surface area contributed by atoms with Crippen molar-refractivity contribution >= 4 is 17.5 Å². The summed E-state index contributed by atoms with van der Waals surface area (Å²) in [5.41, 5.74) is 3.95. The predicted octanol–water partition coefficient (Wildman–Crippen LogP) is 5.25. The Morgan fingerprint density at radius 2 is 1.93 bits per heavy atom. The highest BCUT2D eigenvalue weighted by molar-refractivity contribution is 7.99. The highest BCUT2D eigenvalue weighted by atomic mass is 32.2. The largest absolute Gasteiger partial charge is 0.411 e. The fourth-order valence-electron chi connectivity index (χ4n) is 3.95. The van der Waals surface area contributed by atoms with Crippen LogP contribution in [0.1, 0.15) is 53.5 Å². The normalized spacial score (nSPS) is 14.7. The van der Waals surface area contributed by atoms with Crippen LogP contribution in [-0.2, 0) is 0 Å². The van der Waals surface area contributed by atoms with E-state index in [-0.39, 0.29) is 5.78 Å². The maximum absolute atomic E-state index is 12.8. The monoisotopic (exact) mass is 381 g/mol. The van der Waals surface area contributed by atoms with Crippen molar-refractivity contribution in [2.24, 2.45) is 0 Å². The van der Waals surface area contributed by atoms with E-state index in [1.54, 1.807) is 0 Å². The number of benzene rings is 1. The van der Waals surface area contributed by atoms with Gasteiger partial charge in [-0.1, -0.05) is 42.8 Å². The van der Waals surface area contributed by atoms with Gasteiger partial charge in [0.15, 0.2) is 5.78 Å². The molecule has 0 bridgehead atoms. The first-order chi connectivity index (χ1) is 13.1. The van der Waals surface area contributed by atoms with Crippen LogP contribution >= 0.6 is 11.8 Å². The third-order valence-corrected chi connectivity index (χ3v) is 6.05. The lowest BCUT2D eigenvalue weighted by atomic mass is 10.2. The molecular formula is C21H23N3O2S. The lowest BCUT2D eigenvalue weighted by Crippen LogP contribution is -2.10. The van der Waals surface area contributed by atoms with Crippen LogP contribution in [0.5, 0.6) is 0 Å². The Labute approximate surface area is 163 Å². The van der Waals surface area contributed by atoms with Crippen molar-refractivity contribution in [3.8, 4) is 11.5 Å². The van der Waals surface area contributed by atoms with Gasteiger partial charge in [-0.2, -0.15) is 0 Å². The number of hydrogen-bond acceptors (Lipinski definition) is 5. The number of Topliss-reactive ketones (excluding diaryl/α,β-unsaturated/α-hetero) is 1. The number of carbonyl (C=O) groups excluding carboxylic acids is 1. The SMILES string of the molecule is Cc1cc(C(=O)CSc2nnc(-c3ccccc3)o2)c(C)n1C1CCCC1. The van der Waals surface area contributed by atoms with Gasteiger partial charge in [0.1, 0.15) is 0 Å². The number of aromatic nitrogens is 3. The summed E-state index contributed by atoms with van der Waals surface area (Å²) in [5.74, 6) is 0.882. The van der Waals surface area contributed by atoms with Crippen molar-refractivity contribution in [3.63, 3.8) is 0 Å². The molecule has 1 aliphatic carbocycles. The molecule has 1 fully saturated rings. The van der Waals surface area contributed by atoms with Gasteiger partial charge < -0.3 is 8.98 Å². The molecule has 2 aromatic heterocycles. The second-order valence-corrected chi connectivity index (χ2v) is 7.97. The zero-order chi connectivity index (χ0) is 18.8. The van der Waals surface area contributed by atoms with Gasteiger partial charge in [0.2, 0.25) is 5.89 Å². The van der Waals surface area contributed by atoms with Crippen LogP contribution in [0.25, 0.3) is 11.5 Å². The fraction of sp³-hybridized carbons (Fsp3) is 0.381. The number of ketones is 1. The molecule has 2 heterocycles. The summed E-state index contributed by atoms with van der Waals surface area (Å²) in [6, 6.07) is 12.2. The highest BCUT2D eigenvalue weighted by Gasteiger charge is 2.23. The number of aryl methyl sites for hydroxylation is 1. The molecule has 27 heavy (non-hydrogen) atoms. The van der Waals surface area contributed by atoms with Crippen LogP contribution in [0.4, 0.5) is 0 Å². The van der Waals surface area contributed by atoms with Crippen LogP contribution in [0.2, 0.25) is 0 Å². The van der Waals surface area contributed by atoms with E-state index in [4.69, 9.17) is 4.42 Å². The maximum Gasteiger partial charge on any atom is 0.277 e. The molecule has 140 valence electrons. The molecule has 0 aliphatic heterocycles. The standard InChI is InChI=1S/C21H23N3O2S/c1-14-12-18(15(2)24(14)17-10-6-7-11-17)19(25)13-27-21-23-22-20(26-21)16-8-4-3-5-9-16/h3-5,8-9,12,17H,6-7,10-11,13H2,1-2H3. The molecule has 1 aliphatic rings. The number of thioether (sulfide) groups is 1. The predicted molar refractivity (Wildman–Crippen MR) is 106 cm³/mol. The van der Waals surface area contributed by atoms with Crippen molar-refractivity contribution < 1.29 is 9.21 Å². The second-order valence-electron chi connectivity index (χ2n) is 7.04. The molecule has 4 rings (SSSR count). The molecule has 0 saturated heterocycles. The van der Waals surface area contributed by atoms with E-state index < -0.39 is 0 Å². The van der Waals surface area contributed by atoms with Gasteiger partial charge in [0, 0.05) is 28.6 Å². The quantitative estimate of drug-likeness (QED) is 0.431. The third-order valence-electron chi connectivity index (χ3n) is 5.23. The van der Waals surface area contributed by atoms with Crippen LogP contribution in [0.3, 0.4) is 0 Å². The van der Waals surface area contributed by atoms with E-state index in [2.05, 4.69) is 28.6 Å². The van der Waals surface area contributed by atoms with E-state index >= 15 is 0 Å². The summed E-state index contributed by atoms with van der Waals surface area (Å²) in [6.07, 6.45) is 4.98. The Morgan fingerprint density at radius 1 is 1.19 bits per heavy atom. The molecule has 6 heteroatoms. The van der Waals surface area contributed by atoms with Gasteiger partial charge in [-0.15, -0.1) is 10.2 Å². The Kier molecular flexibility index (Phi) is 5.16. The molecule has 1 saturated carbocycles. The minimum absolute atomic E-state index is 0.108. The third kappa shape index (κ3) is 3.72. The Balaban J connectivity index is 1.44. The summed E-state index contributed by atoms with van der Waals surface area (Å²) < 4.78 is 8.03. The van der Waals surface area contributed by atoms with Gasteiger partial charge in [0.25, 0.3) is 5.22 Å². The molecule has 0 spiro atoms. The first-order valence-corrected chi connectivity index (χ1v) is 10.4. The minimum Gasteiger partial charge on any atom is -0.411 e. The smallest absolute Gasteiger partial charge is 0.277 e. The number of carbonyl (C=O) groups is 1. The average Bonchev–Trinajstić information content (AvgIpc) is 3.41. The molecule has 0 radical (unpaired) electrons. The summed E-state index contributed by atoms with van der Waals surface area (Å²) in [7, 11) is 0. The lowest BCUT2D eigenvalue weighted by molar-refractivity contribution is 0.102. The molecule has 1 aromatic carbocycles. The van der Waals surface area contributed by atoms with E-state index in [9.17, 15) is 4.79 Å². The second kappa shape index (κ2) is 7.72. The van der Waals surface area contributed by atoms with E-state index in [1.807, 2.05) is 36.4 Å². The van der Waals surface area contributed by atoms with Crippen LogP contribution < -0.4 is 0 Å². The molecule has 5 nitrogen and oxygen atoms in total. The van der Waals surface area contributed by atoms with Crippen molar-refractivity contribution in [2.45, 2.75) is 50.8 Å². The van der Waals surface area contributed by atoms with Gasteiger partial charge in [0.05, 0.1) is 5.75 Å². The summed E-state index contributed by atoms with van der Waals surface area (Å²) in [6.45, 7) is 4.16. The Bertz CT molecular complexity index is 940. The highest BCUT2D eigenvalue weighted by Crippen LogP contribution is 2.34. The molecule has 0 atom stereocenters. The number of nitrogens with zero attached hydrogens (tertiary/aromatic N) is 3. The van der Waals surface area contributed by atoms with Crippen LogP contribution in [-0.4, -0.2) is 26.3 Å². The molecule has 0 amide bonds. The Morgan fingerprint density at radius 3 is 2.67 bits per heavy atom. The first-order valence-electron chi connectivity index (χ1n) is 9.37. The van der Waals surface area contributed by atoms with Gasteiger partial charge in [-0.05, 0) is 44.9 Å². The van der Waals surface area contributed by atoms with Crippen molar-refractivity contribution in [3.05, 3.63) is 53.3 Å². The molecule has 3 aromatic rings. The lowest BCUT2D eigenvalue weighted by Gasteiger charge is -2.17. The zero-order valence-electron chi connectivity index (χ0n) is 15.6. The van der Waals surface area contributed by atoms with Gasteiger partial charge in [-0.3, -0.25) is 4.79 Å². The van der Waals surface area contributed by atoms with Crippen LogP contribution in [0, 0.1) is 13.8 Å². The van der Waals surface area contributed by atoms with Gasteiger partial charge in [-0.25, -0.2) is 0 Å². The first kappa shape index (κ1) is 18.0. The minimum atomic E-state index is 0.108. The van der Waals surface area contributed by atoms with Gasteiger partial charge >= 0.3 is 0 Å². The molecule has 0 unspecified atom stereocenters. The summed E-state index contributed by atoms with van der Waals surface area (Å²) >= 11 is 1.30. The zero-order valence-corrected chi connectivity index (χ0v) is 16.5. The topological polar surface area (TPSA) is 60.9 Å². The fourth-order valence-corrected chi connectivity index (χ4v) is 4.60. The van der Waals surface area contributed by atoms with Crippen LogP contribution in [0.15, 0.2) is 46.0 Å². The summed E-state index contributed by atoms with van der Waals surface area (Å²) in [4.78, 5) is 12.8. The summed E-state index contributed by atoms with van der Waals surface area (Å²) in [5, 5.41) is 8.55. The number of hydrogen-bond donors (Lipinski definition) is 0. The van der Waals surface area contributed by atoms with Crippen molar-refractivity contribution in [2.75, 3.05) is 5.75 Å². The van der Waals surface area contributed by atoms with E-state index in [0.717, 1.165) is 16.8 Å². The van der Waals surface area contributed by atoms with E-state index in [0.29, 0.717) is 22.9 Å². The molecule has 0 N–H and O–H groups in total. The number of rotatable bonds is 6. The van der Waals surface area contributed by atoms with Crippen molar-refractivity contribution in [1.82, 2.24) is 14.8 Å². The van der Waals surface area contributed by atoms with Crippen molar-refractivity contribution in [1.29, 1.82) is 0 Å².